The van der Waals surface area contributed by atoms with Crippen molar-refractivity contribution in [3.63, 3.8) is 0 Å². The van der Waals surface area contributed by atoms with Gasteiger partial charge in [0.25, 0.3) is 0 Å². The predicted octanol–water partition coefficient (Wildman–Crippen LogP) is 3.70. The first-order valence-corrected chi connectivity index (χ1v) is 6.87. The van der Waals surface area contributed by atoms with Crippen LogP contribution in [0, 0.1) is 5.92 Å². The molecule has 1 nitrogen and oxygen atoms in total. The highest BCUT2D eigenvalue weighted by Crippen LogP contribution is 2.08. The van der Waals surface area contributed by atoms with Crippen LogP contribution in [0.3, 0.4) is 0 Å². The summed E-state index contributed by atoms with van der Waals surface area (Å²) in [6.07, 6.45) is 3.78. The van der Waals surface area contributed by atoms with E-state index in [0.29, 0.717) is 6.04 Å². The maximum atomic E-state index is 3.58. The van der Waals surface area contributed by atoms with Crippen molar-refractivity contribution in [3.05, 3.63) is 22.4 Å². The van der Waals surface area contributed by atoms with Gasteiger partial charge in [-0.1, -0.05) is 13.8 Å². The maximum Gasteiger partial charge on any atom is 0.00389 e. The van der Waals surface area contributed by atoms with Gasteiger partial charge in [0.2, 0.25) is 0 Å². The number of hydrogen-bond donors (Lipinski definition) is 1. The Kier molecular flexibility index (Phi) is 5.96. The molecule has 86 valence electrons. The van der Waals surface area contributed by atoms with Crippen LogP contribution in [-0.2, 0) is 6.42 Å². The van der Waals surface area contributed by atoms with Crippen LogP contribution in [0.4, 0.5) is 0 Å². The highest BCUT2D eigenvalue weighted by atomic mass is 32.1. The SMILES string of the molecule is CC(C)CCC(C)NCCc1ccsc1. The molecule has 0 bridgehead atoms. The Labute approximate surface area is 97.9 Å². The summed E-state index contributed by atoms with van der Waals surface area (Å²) in [5, 5.41) is 7.97. The Morgan fingerprint density at radius 2 is 2.07 bits per heavy atom. The normalized spacial score (nSPS) is 13.3. The quantitative estimate of drug-likeness (QED) is 0.746. The van der Waals surface area contributed by atoms with Gasteiger partial charge < -0.3 is 5.32 Å². The minimum absolute atomic E-state index is 0.658. The summed E-state index contributed by atoms with van der Waals surface area (Å²) in [4.78, 5) is 0. The molecule has 15 heavy (non-hydrogen) atoms. The van der Waals surface area contributed by atoms with Crippen molar-refractivity contribution in [3.8, 4) is 0 Å². The van der Waals surface area contributed by atoms with Gasteiger partial charge in [0.1, 0.15) is 0 Å². The van der Waals surface area contributed by atoms with Crippen molar-refractivity contribution in [2.75, 3.05) is 6.54 Å². The molecule has 2 heteroatoms. The van der Waals surface area contributed by atoms with Crippen LogP contribution in [0.5, 0.6) is 0 Å². The van der Waals surface area contributed by atoms with Crippen molar-refractivity contribution in [1.82, 2.24) is 5.32 Å². The Hall–Kier alpha value is -0.340. The fourth-order valence-electron chi connectivity index (χ4n) is 1.58. The van der Waals surface area contributed by atoms with E-state index < -0.39 is 0 Å². The molecular weight excluding hydrogens is 202 g/mol. The maximum absolute atomic E-state index is 3.58. The average Bonchev–Trinajstić information content (AvgIpc) is 2.67. The summed E-state index contributed by atoms with van der Waals surface area (Å²) in [5.74, 6) is 0.825. The molecule has 0 amide bonds. The molecule has 1 aromatic rings. The van der Waals surface area contributed by atoms with Crippen LogP contribution in [0.25, 0.3) is 0 Å². The van der Waals surface area contributed by atoms with E-state index in [0.717, 1.165) is 18.9 Å². The molecule has 1 unspecified atom stereocenters. The second-order valence-corrected chi connectivity index (χ2v) is 5.49. The van der Waals surface area contributed by atoms with Crippen LogP contribution in [0.1, 0.15) is 39.2 Å². The molecule has 0 aliphatic heterocycles. The van der Waals surface area contributed by atoms with E-state index in [1.165, 1.54) is 18.4 Å². The minimum Gasteiger partial charge on any atom is -0.314 e. The first-order valence-electron chi connectivity index (χ1n) is 5.93. The largest absolute Gasteiger partial charge is 0.314 e. The number of hydrogen-bond acceptors (Lipinski definition) is 2. The topological polar surface area (TPSA) is 12.0 Å². The van der Waals surface area contributed by atoms with Crippen LogP contribution in [0.15, 0.2) is 16.8 Å². The van der Waals surface area contributed by atoms with Gasteiger partial charge in [0.05, 0.1) is 0 Å². The molecule has 1 heterocycles. The van der Waals surface area contributed by atoms with Crippen molar-refractivity contribution < 1.29 is 0 Å². The second kappa shape index (κ2) is 7.02. The van der Waals surface area contributed by atoms with Crippen molar-refractivity contribution in [2.45, 2.75) is 46.1 Å². The van der Waals surface area contributed by atoms with Gasteiger partial charge in [-0.05, 0) is 61.0 Å². The first-order chi connectivity index (χ1) is 7.18. The molecule has 1 rings (SSSR count). The molecule has 0 aromatic carbocycles. The molecule has 0 saturated heterocycles. The molecule has 0 radical (unpaired) electrons. The Morgan fingerprint density at radius 3 is 2.67 bits per heavy atom. The lowest BCUT2D eigenvalue weighted by molar-refractivity contribution is 0.453. The van der Waals surface area contributed by atoms with E-state index in [1.54, 1.807) is 11.3 Å². The van der Waals surface area contributed by atoms with Gasteiger partial charge in [0, 0.05) is 6.04 Å². The Balaban J connectivity index is 2.04. The van der Waals surface area contributed by atoms with Gasteiger partial charge in [-0.25, -0.2) is 0 Å². The number of nitrogens with one attached hydrogen (secondary N) is 1. The standard InChI is InChI=1S/C13H23NS/c1-11(2)4-5-12(3)14-8-6-13-7-9-15-10-13/h7,9-12,14H,4-6,8H2,1-3H3. The molecule has 0 saturated carbocycles. The second-order valence-electron chi connectivity index (χ2n) is 4.71. The molecule has 1 N–H and O–H groups in total. The van der Waals surface area contributed by atoms with E-state index in [1.807, 2.05) is 0 Å². The Bertz CT molecular complexity index is 241. The fraction of sp³-hybridized carbons (Fsp3) is 0.692. The minimum atomic E-state index is 0.658. The Morgan fingerprint density at radius 1 is 1.27 bits per heavy atom. The van der Waals surface area contributed by atoms with Crippen LogP contribution in [0.2, 0.25) is 0 Å². The summed E-state index contributed by atoms with van der Waals surface area (Å²) in [7, 11) is 0. The fourth-order valence-corrected chi connectivity index (χ4v) is 2.29. The third-order valence-corrected chi connectivity index (χ3v) is 3.40. The number of rotatable bonds is 7. The highest BCUT2D eigenvalue weighted by molar-refractivity contribution is 7.07. The van der Waals surface area contributed by atoms with Crippen LogP contribution < -0.4 is 5.32 Å². The van der Waals surface area contributed by atoms with Gasteiger partial charge in [0.15, 0.2) is 0 Å². The summed E-state index contributed by atoms with van der Waals surface area (Å²) >= 11 is 1.78. The van der Waals surface area contributed by atoms with Crippen molar-refractivity contribution in [1.29, 1.82) is 0 Å². The third-order valence-electron chi connectivity index (χ3n) is 2.66. The monoisotopic (exact) mass is 225 g/mol. The summed E-state index contributed by atoms with van der Waals surface area (Å²) in [6, 6.07) is 2.87. The summed E-state index contributed by atoms with van der Waals surface area (Å²) < 4.78 is 0. The van der Waals surface area contributed by atoms with Crippen molar-refractivity contribution >= 4 is 11.3 Å². The molecule has 0 spiro atoms. The lowest BCUT2D eigenvalue weighted by Gasteiger charge is -2.14. The van der Waals surface area contributed by atoms with Gasteiger partial charge in [-0.2, -0.15) is 11.3 Å². The van der Waals surface area contributed by atoms with Crippen LogP contribution >= 0.6 is 11.3 Å². The van der Waals surface area contributed by atoms with Crippen LogP contribution in [-0.4, -0.2) is 12.6 Å². The molecule has 1 atom stereocenters. The average molecular weight is 225 g/mol. The smallest absolute Gasteiger partial charge is 0.00389 e. The molecule has 0 fully saturated rings. The molecule has 0 aliphatic carbocycles. The summed E-state index contributed by atoms with van der Waals surface area (Å²) in [5.41, 5.74) is 1.46. The van der Waals surface area contributed by atoms with Gasteiger partial charge in [-0.3, -0.25) is 0 Å². The lowest BCUT2D eigenvalue weighted by Crippen LogP contribution is -2.28. The van der Waals surface area contributed by atoms with Gasteiger partial charge in [-0.15, -0.1) is 0 Å². The highest BCUT2D eigenvalue weighted by Gasteiger charge is 2.02. The zero-order chi connectivity index (χ0) is 11.1. The van der Waals surface area contributed by atoms with Crippen molar-refractivity contribution in [2.24, 2.45) is 5.92 Å². The van der Waals surface area contributed by atoms with E-state index in [2.05, 4.69) is 42.9 Å². The molecular formula is C13H23NS. The van der Waals surface area contributed by atoms with E-state index >= 15 is 0 Å². The zero-order valence-electron chi connectivity index (χ0n) is 10.1. The zero-order valence-corrected chi connectivity index (χ0v) is 10.9. The van der Waals surface area contributed by atoms with E-state index in [9.17, 15) is 0 Å². The predicted molar refractivity (Wildman–Crippen MR) is 69.6 cm³/mol. The lowest BCUT2D eigenvalue weighted by atomic mass is 10.0. The van der Waals surface area contributed by atoms with Gasteiger partial charge >= 0.3 is 0 Å². The summed E-state index contributed by atoms with van der Waals surface area (Å²) in [6.45, 7) is 7.97. The molecule has 0 aliphatic rings. The van der Waals surface area contributed by atoms with E-state index in [-0.39, 0.29) is 0 Å². The molecule has 1 aromatic heterocycles. The first kappa shape index (κ1) is 12.7. The van der Waals surface area contributed by atoms with E-state index in [4.69, 9.17) is 0 Å². The third kappa shape index (κ3) is 5.95. The number of thiophene rings is 1.